The van der Waals surface area contributed by atoms with Crippen LogP contribution in [0.2, 0.25) is 0 Å². The molecule has 1 atom stereocenters. The Kier molecular flexibility index (Phi) is 3.22. The molecule has 0 radical (unpaired) electrons. The number of rotatable bonds is 3. The summed E-state index contributed by atoms with van der Waals surface area (Å²) < 4.78 is 0. The van der Waals surface area contributed by atoms with Crippen molar-refractivity contribution < 1.29 is 0 Å². The van der Waals surface area contributed by atoms with Crippen LogP contribution in [0.15, 0.2) is 6.07 Å². The maximum Gasteiger partial charge on any atom is 0.132 e. The van der Waals surface area contributed by atoms with Gasteiger partial charge >= 0.3 is 0 Å². The lowest BCUT2D eigenvalue weighted by molar-refractivity contribution is 0.349. The summed E-state index contributed by atoms with van der Waals surface area (Å²) in [7, 11) is 1.88. The minimum absolute atomic E-state index is 0.360. The lowest BCUT2D eigenvalue weighted by Crippen LogP contribution is -2.31. The van der Waals surface area contributed by atoms with Crippen LogP contribution in [-0.4, -0.2) is 23.1 Å². The standard InChI is InChI=1S/C13H22N4/c1-9-15-11(14-4)8-12(16-9)17-10-6-5-7-13(10,2)3/h8,10H,5-7H2,1-4H3,(H2,14,15,16,17). The van der Waals surface area contributed by atoms with Gasteiger partial charge in [0.2, 0.25) is 0 Å². The molecule has 1 fully saturated rings. The SMILES string of the molecule is CNc1cc(NC2CCCC2(C)C)nc(C)n1. The Morgan fingerprint density at radius 1 is 1.29 bits per heavy atom. The fourth-order valence-corrected chi connectivity index (χ4v) is 2.54. The van der Waals surface area contributed by atoms with E-state index < -0.39 is 0 Å². The van der Waals surface area contributed by atoms with Crippen LogP contribution in [0.5, 0.6) is 0 Å². The van der Waals surface area contributed by atoms with Gasteiger partial charge in [-0.25, -0.2) is 9.97 Å². The Morgan fingerprint density at radius 3 is 2.59 bits per heavy atom. The third kappa shape index (κ3) is 2.68. The van der Waals surface area contributed by atoms with Crippen molar-refractivity contribution >= 4 is 11.6 Å². The highest BCUT2D eigenvalue weighted by molar-refractivity contribution is 5.48. The van der Waals surface area contributed by atoms with Crippen LogP contribution in [0, 0.1) is 12.3 Å². The molecule has 0 aliphatic heterocycles. The molecular formula is C13H22N4. The molecule has 1 aliphatic carbocycles. The van der Waals surface area contributed by atoms with E-state index in [0.717, 1.165) is 17.5 Å². The van der Waals surface area contributed by atoms with Gasteiger partial charge in [0, 0.05) is 19.2 Å². The second-order valence-electron chi connectivity index (χ2n) is 5.51. The van der Waals surface area contributed by atoms with Crippen molar-refractivity contribution in [1.29, 1.82) is 0 Å². The van der Waals surface area contributed by atoms with Crippen LogP contribution < -0.4 is 10.6 Å². The van der Waals surface area contributed by atoms with E-state index in [1.54, 1.807) is 0 Å². The molecule has 0 bridgehead atoms. The van der Waals surface area contributed by atoms with Crippen molar-refractivity contribution in [1.82, 2.24) is 9.97 Å². The summed E-state index contributed by atoms with van der Waals surface area (Å²) in [6, 6.07) is 2.49. The second kappa shape index (κ2) is 4.51. The number of nitrogens with one attached hydrogen (secondary N) is 2. The first-order valence-electron chi connectivity index (χ1n) is 6.31. The van der Waals surface area contributed by atoms with Crippen molar-refractivity contribution in [2.45, 2.75) is 46.1 Å². The fourth-order valence-electron chi connectivity index (χ4n) is 2.54. The zero-order valence-electron chi connectivity index (χ0n) is 11.2. The molecular weight excluding hydrogens is 212 g/mol. The van der Waals surface area contributed by atoms with Gasteiger partial charge < -0.3 is 10.6 Å². The highest BCUT2D eigenvalue weighted by atomic mass is 15.1. The topological polar surface area (TPSA) is 49.8 Å². The van der Waals surface area contributed by atoms with Crippen molar-refractivity contribution in [3.8, 4) is 0 Å². The van der Waals surface area contributed by atoms with Crippen molar-refractivity contribution in [2.24, 2.45) is 5.41 Å². The molecule has 94 valence electrons. The third-order valence-corrected chi connectivity index (χ3v) is 3.67. The van der Waals surface area contributed by atoms with Gasteiger partial charge in [-0.15, -0.1) is 0 Å². The lowest BCUT2D eigenvalue weighted by Gasteiger charge is -2.28. The molecule has 17 heavy (non-hydrogen) atoms. The monoisotopic (exact) mass is 234 g/mol. The van der Waals surface area contributed by atoms with Crippen LogP contribution in [0.1, 0.15) is 38.9 Å². The van der Waals surface area contributed by atoms with Crippen LogP contribution in [0.4, 0.5) is 11.6 Å². The van der Waals surface area contributed by atoms with Crippen LogP contribution in [0.25, 0.3) is 0 Å². The minimum Gasteiger partial charge on any atom is -0.373 e. The van der Waals surface area contributed by atoms with Gasteiger partial charge in [0.15, 0.2) is 0 Å². The normalized spacial score (nSPS) is 22.5. The van der Waals surface area contributed by atoms with Crippen molar-refractivity contribution in [3.05, 3.63) is 11.9 Å². The van der Waals surface area contributed by atoms with Gasteiger partial charge in [0.1, 0.15) is 17.5 Å². The molecule has 1 saturated carbocycles. The van der Waals surface area contributed by atoms with Gasteiger partial charge in [0.05, 0.1) is 0 Å². The maximum absolute atomic E-state index is 4.45. The maximum atomic E-state index is 4.45. The quantitative estimate of drug-likeness (QED) is 0.844. The smallest absolute Gasteiger partial charge is 0.132 e. The summed E-state index contributed by atoms with van der Waals surface area (Å²) in [5, 5.41) is 6.62. The minimum atomic E-state index is 0.360. The molecule has 1 aromatic heterocycles. The van der Waals surface area contributed by atoms with E-state index in [2.05, 4.69) is 34.4 Å². The summed E-state index contributed by atoms with van der Waals surface area (Å²) in [6.45, 7) is 6.57. The first-order chi connectivity index (χ1) is 8.01. The predicted octanol–water partition coefficient (Wildman–Crippen LogP) is 2.82. The first kappa shape index (κ1) is 12.1. The van der Waals surface area contributed by atoms with E-state index in [1.807, 2.05) is 20.0 Å². The van der Waals surface area contributed by atoms with Gasteiger partial charge in [-0.2, -0.15) is 0 Å². The summed E-state index contributed by atoms with van der Waals surface area (Å²) in [4.78, 5) is 8.75. The summed E-state index contributed by atoms with van der Waals surface area (Å²) in [5.74, 6) is 2.60. The molecule has 0 aromatic carbocycles. The zero-order chi connectivity index (χ0) is 12.5. The highest BCUT2D eigenvalue weighted by Gasteiger charge is 2.34. The molecule has 0 amide bonds. The van der Waals surface area contributed by atoms with Gasteiger partial charge in [-0.1, -0.05) is 20.3 Å². The van der Waals surface area contributed by atoms with E-state index in [-0.39, 0.29) is 0 Å². The molecule has 4 nitrogen and oxygen atoms in total. The largest absolute Gasteiger partial charge is 0.373 e. The van der Waals surface area contributed by atoms with E-state index >= 15 is 0 Å². The number of aryl methyl sites for hydroxylation is 1. The summed E-state index contributed by atoms with van der Waals surface area (Å²) in [5.41, 5.74) is 0.360. The Hall–Kier alpha value is -1.32. The van der Waals surface area contributed by atoms with Crippen LogP contribution in [0.3, 0.4) is 0 Å². The molecule has 2 rings (SSSR count). The molecule has 1 aliphatic rings. The Bertz CT molecular complexity index is 400. The average Bonchev–Trinajstić information content (AvgIpc) is 2.57. The highest BCUT2D eigenvalue weighted by Crippen LogP contribution is 2.38. The third-order valence-electron chi connectivity index (χ3n) is 3.67. The molecule has 0 spiro atoms. The molecule has 1 heterocycles. The molecule has 1 unspecified atom stereocenters. The number of anilines is 2. The Balaban J connectivity index is 2.15. The Morgan fingerprint density at radius 2 is 2.00 bits per heavy atom. The van der Waals surface area contributed by atoms with E-state index in [9.17, 15) is 0 Å². The zero-order valence-corrected chi connectivity index (χ0v) is 11.2. The lowest BCUT2D eigenvalue weighted by atomic mass is 9.87. The number of nitrogens with zero attached hydrogens (tertiary/aromatic N) is 2. The second-order valence-corrected chi connectivity index (χ2v) is 5.51. The predicted molar refractivity (Wildman–Crippen MR) is 71.4 cm³/mol. The van der Waals surface area contributed by atoms with E-state index in [4.69, 9.17) is 0 Å². The van der Waals surface area contributed by atoms with Gasteiger partial charge in [-0.05, 0) is 25.2 Å². The fraction of sp³-hybridized carbons (Fsp3) is 0.692. The number of aromatic nitrogens is 2. The number of hydrogen-bond donors (Lipinski definition) is 2. The molecule has 1 aromatic rings. The average molecular weight is 234 g/mol. The number of hydrogen-bond acceptors (Lipinski definition) is 4. The van der Waals surface area contributed by atoms with Crippen molar-refractivity contribution in [2.75, 3.05) is 17.7 Å². The molecule has 2 N–H and O–H groups in total. The first-order valence-corrected chi connectivity index (χ1v) is 6.31. The van der Waals surface area contributed by atoms with Crippen molar-refractivity contribution in [3.63, 3.8) is 0 Å². The summed E-state index contributed by atoms with van der Waals surface area (Å²) in [6.07, 6.45) is 3.81. The summed E-state index contributed by atoms with van der Waals surface area (Å²) >= 11 is 0. The van der Waals surface area contributed by atoms with Gasteiger partial charge in [-0.3, -0.25) is 0 Å². The van der Waals surface area contributed by atoms with E-state index in [0.29, 0.717) is 11.5 Å². The molecule has 4 heteroatoms. The van der Waals surface area contributed by atoms with Gasteiger partial charge in [0.25, 0.3) is 0 Å². The van der Waals surface area contributed by atoms with Crippen LogP contribution >= 0.6 is 0 Å². The van der Waals surface area contributed by atoms with Crippen LogP contribution in [-0.2, 0) is 0 Å². The Labute approximate surface area is 103 Å². The van der Waals surface area contributed by atoms with E-state index in [1.165, 1.54) is 19.3 Å². The molecule has 0 saturated heterocycles.